The first-order chi connectivity index (χ1) is 21.2. The SMILES string of the molecule is C[C@@H]1CCCCO[C@@H](CN(C)CC2CCCCC2)[C@H](C)CN([C@@H](C)CO)C(=O)c2cc(NC(=O)C3CCCCC3)ccc2O1. The number of carbonyl (C=O) groups excluding carboxylic acids is 2. The number of rotatable bonds is 8. The van der Waals surface area contributed by atoms with Gasteiger partial charge in [0.2, 0.25) is 5.91 Å². The molecular formula is C36H59N3O5. The van der Waals surface area contributed by atoms with Crippen LogP contribution in [0, 0.1) is 17.8 Å². The molecule has 4 rings (SSSR count). The van der Waals surface area contributed by atoms with Gasteiger partial charge < -0.3 is 29.7 Å². The second-order valence-corrected chi connectivity index (χ2v) is 14.1. The molecule has 44 heavy (non-hydrogen) atoms. The number of anilines is 1. The number of nitrogens with zero attached hydrogens (tertiary/aromatic N) is 2. The van der Waals surface area contributed by atoms with Crippen molar-refractivity contribution in [2.45, 2.75) is 122 Å². The molecule has 0 bridgehead atoms. The monoisotopic (exact) mass is 613 g/mol. The molecule has 8 nitrogen and oxygen atoms in total. The molecule has 1 heterocycles. The molecular weight excluding hydrogens is 554 g/mol. The lowest BCUT2D eigenvalue weighted by Crippen LogP contribution is -2.47. The normalized spacial score (nSPS) is 26.0. The van der Waals surface area contributed by atoms with Crippen molar-refractivity contribution in [3.05, 3.63) is 23.8 Å². The Hall–Kier alpha value is -2.16. The summed E-state index contributed by atoms with van der Waals surface area (Å²) >= 11 is 0. The number of hydrogen-bond acceptors (Lipinski definition) is 6. The standard InChI is InChI=1S/C36H59N3O5/c1-26-22-39(27(2)25-40)36(42)32-21-31(37-35(41)30-16-9-6-10-17-30)18-19-33(32)44-28(3)13-11-12-20-43-34(26)24-38(4)23-29-14-7-5-8-15-29/h18-19,21,26-30,34,40H,5-17,20,22-25H2,1-4H3,(H,37,41)/t26-,27+,28-,34+/m1/s1. The van der Waals surface area contributed by atoms with E-state index in [1.165, 1.54) is 38.5 Å². The predicted molar refractivity (Wildman–Crippen MR) is 176 cm³/mol. The molecule has 8 heteroatoms. The first kappa shape index (κ1) is 34.7. The Morgan fingerprint density at radius 1 is 1.00 bits per heavy atom. The Bertz CT molecular complexity index is 1040. The zero-order valence-corrected chi connectivity index (χ0v) is 27.9. The Labute approximate surface area is 266 Å². The lowest BCUT2D eigenvalue weighted by atomic mass is 9.88. The van der Waals surface area contributed by atoms with Gasteiger partial charge in [0, 0.05) is 43.8 Å². The fourth-order valence-corrected chi connectivity index (χ4v) is 7.26. The summed E-state index contributed by atoms with van der Waals surface area (Å²) in [5, 5.41) is 13.3. The van der Waals surface area contributed by atoms with Crippen LogP contribution in [0.15, 0.2) is 18.2 Å². The maximum atomic E-state index is 14.4. The van der Waals surface area contributed by atoms with Crippen molar-refractivity contribution >= 4 is 17.5 Å². The molecule has 2 saturated carbocycles. The molecule has 0 unspecified atom stereocenters. The molecule has 0 aromatic heterocycles. The number of ether oxygens (including phenoxy) is 2. The third-order valence-corrected chi connectivity index (χ3v) is 10.1. The van der Waals surface area contributed by atoms with Crippen molar-refractivity contribution < 1.29 is 24.2 Å². The number of hydrogen-bond donors (Lipinski definition) is 2. The average molecular weight is 614 g/mol. The van der Waals surface area contributed by atoms with Gasteiger partial charge in [-0.2, -0.15) is 0 Å². The molecule has 2 aliphatic carbocycles. The largest absolute Gasteiger partial charge is 0.490 e. The van der Waals surface area contributed by atoms with Crippen LogP contribution < -0.4 is 10.1 Å². The number of likely N-dealkylation sites (N-methyl/N-ethyl adjacent to an activating group) is 1. The summed E-state index contributed by atoms with van der Waals surface area (Å²) in [7, 11) is 2.20. The highest BCUT2D eigenvalue weighted by atomic mass is 16.5. The summed E-state index contributed by atoms with van der Waals surface area (Å²) in [4.78, 5) is 31.6. The van der Waals surface area contributed by atoms with Crippen LogP contribution in [0.5, 0.6) is 5.75 Å². The summed E-state index contributed by atoms with van der Waals surface area (Å²) in [6, 6.07) is 5.05. The summed E-state index contributed by atoms with van der Waals surface area (Å²) in [6.07, 6.45) is 14.5. The van der Waals surface area contributed by atoms with Crippen LogP contribution in [0.1, 0.15) is 115 Å². The molecule has 2 N–H and O–H groups in total. The molecule has 0 spiro atoms. The molecule has 2 fully saturated rings. The van der Waals surface area contributed by atoms with Crippen LogP contribution in [-0.4, -0.2) is 84.9 Å². The second-order valence-electron chi connectivity index (χ2n) is 14.1. The lowest BCUT2D eigenvalue weighted by molar-refractivity contribution is -0.120. The average Bonchev–Trinajstić information content (AvgIpc) is 3.03. The van der Waals surface area contributed by atoms with E-state index in [1.54, 1.807) is 11.0 Å². The second kappa shape index (κ2) is 17.5. The summed E-state index contributed by atoms with van der Waals surface area (Å²) in [6.45, 7) is 8.99. The summed E-state index contributed by atoms with van der Waals surface area (Å²) < 4.78 is 12.9. The maximum absolute atomic E-state index is 14.4. The number of fused-ring (bicyclic) bond motifs is 1. The van der Waals surface area contributed by atoms with E-state index >= 15 is 0 Å². The molecule has 0 saturated heterocycles. The van der Waals surface area contributed by atoms with E-state index in [2.05, 4.69) is 24.2 Å². The van der Waals surface area contributed by atoms with Gasteiger partial charge in [-0.25, -0.2) is 0 Å². The van der Waals surface area contributed by atoms with Gasteiger partial charge in [-0.05, 0) is 90.0 Å². The highest BCUT2D eigenvalue weighted by Crippen LogP contribution is 2.30. The Balaban J connectivity index is 1.56. The minimum absolute atomic E-state index is 0.0179. The first-order valence-electron chi connectivity index (χ1n) is 17.6. The van der Waals surface area contributed by atoms with Gasteiger partial charge in [0.1, 0.15) is 5.75 Å². The zero-order valence-electron chi connectivity index (χ0n) is 27.9. The highest BCUT2D eigenvalue weighted by Gasteiger charge is 2.31. The van der Waals surface area contributed by atoms with Crippen molar-refractivity contribution in [1.29, 1.82) is 0 Å². The van der Waals surface area contributed by atoms with Crippen molar-refractivity contribution in [3.63, 3.8) is 0 Å². The van der Waals surface area contributed by atoms with E-state index in [0.717, 1.165) is 64.0 Å². The molecule has 1 aromatic carbocycles. The fraction of sp³-hybridized carbons (Fsp3) is 0.778. The third-order valence-electron chi connectivity index (χ3n) is 10.1. The van der Waals surface area contributed by atoms with Crippen LogP contribution in [-0.2, 0) is 9.53 Å². The maximum Gasteiger partial charge on any atom is 0.258 e. The highest BCUT2D eigenvalue weighted by molar-refractivity contribution is 6.00. The van der Waals surface area contributed by atoms with Gasteiger partial charge in [-0.15, -0.1) is 0 Å². The number of amides is 2. The first-order valence-corrected chi connectivity index (χ1v) is 17.6. The lowest BCUT2D eigenvalue weighted by Gasteiger charge is -2.36. The predicted octanol–water partition coefficient (Wildman–Crippen LogP) is 6.51. The van der Waals surface area contributed by atoms with Crippen molar-refractivity contribution in [2.24, 2.45) is 17.8 Å². The smallest absolute Gasteiger partial charge is 0.258 e. The van der Waals surface area contributed by atoms with Crippen molar-refractivity contribution in [1.82, 2.24) is 9.80 Å². The van der Waals surface area contributed by atoms with E-state index in [9.17, 15) is 14.7 Å². The van der Waals surface area contributed by atoms with E-state index in [0.29, 0.717) is 30.2 Å². The van der Waals surface area contributed by atoms with Gasteiger partial charge >= 0.3 is 0 Å². The Morgan fingerprint density at radius 2 is 1.68 bits per heavy atom. The number of carbonyl (C=O) groups is 2. The Morgan fingerprint density at radius 3 is 2.39 bits per heavy atom. The summed E-state index contributed by atoms with van der Waals surface area (Å²) in [5.74, 6) is 1.19. The number of aliphatic hydroxyl groups excluding tert-OH is 1. The topological polar surface area (TPSA) is 91.3 Å². The van der Waals surface area contributed by atoms with E-state index < -0.39 is 0 Å². The van der Waals surface area contributed by atoms with E-state index in [4.69, 9.17) is 9.47 Å². The van der Waals surface area contributed by atoms with Gasteiger partial charge in [0.25, 0.3) is 5.91 Å². The third kappa shape index (κ3) is 10.2. The van der Waals surface area contributed by atoms with E-state index in [1.807, 2.05) is 26.0 Å². The van der Waals surface area contributed by atoms with Crippen LogP contribution in [0.4, 0.5) is 5.69 Å². The fourth-order valence-electron chi connectivity index (χ4n) is 7.26. The van der Waals surface area contributed by atoms with Crippen LogP contribution in [0.25, 0.3) is 0 Å². The van der Waals surface area contributed by atoms with Gasteiger partial charge in [-0.3, -0.25) is 9.59 Å². The molecule has 248 valence electrons. The van der Waals surface area contributed by atoms with Crippen molar-refractivity contribution in [2.75, 3.05) is 45.2 Å². The van der Waals surface area contributed by atoms with Crippen molar-refractivity contribution in [3.8, 4) is 5.75 Å². The van der Waals surface area contributed by atoms with Crippen LogP contribution >= 0.6 is 0 Å². The van der Waals surface area contributed by atoms with Gasteiger partial charge in [0.05, 0.1) is 30.4 Å². The van der Waals surface area contributed by atoms with E-state index in [-0.39, 0.29) is 48.5 Å². The minimum Gasteiger partial charge on any atom is -0.490 e. The van der Waals surface area contributed by atoms with Crippen LogP contribution in [0.2, 0.25) is 0 Å². The molecule has 0 radical (unpaired) electrons. The minimum atomic E-state index is -0.385. The number of aliphatic hydroxyl groups is 1. The molecule has 2 amide bonds. The molecule has 3 aliphatic rings. The number of benzene rings is 1. The van der Waals surface area contributed by atoms with Gasteiger partial charge in [-0.1, -0.05) is 45.4 Å². The summed E-state index contributed by atoms with van der Waals surface area (Å²) in [5.41, 5.74) is 1.04. The number of nitrogens with one attached hydrogen (secondary N) is 1. The molecule has 1 aliphatic heterocycles. The zero-order chi connectivity index (χ0) is 31.5. The van der Waals surface area contributed by atoms with Gasteiger partial charge in [0.15, 0.2) is 0 Å². The molecule has 4 atom stereocenters. The molecule has 1 aromatic rings. The van der Waals surface area contributed by atoms with Crippen LogP contribution in [0.3, 0.4) is 0 Å². The quantitative estimate of drug-likeness (QED) is 0.347. The Kier molecular flexibility index (Phi) is 13.8.